The number of fused-ring (bicyclic) bond motifs is 6. The molecule has 0 amide bonds. The van der Waals surface area contributed by atoms with Gasteiger partial charge in [0.15, 0.2) is 0 Å². The molecule has 3 aromatic carbocycles. The minimum atomic E-state index is 1.01. The van der Waals surface area contributed by atoms with Gasteiger partial charge in [-0.15, -0.1) is 0 Å². The first-order chi connectivity index (χ1) is 11.4. The fourth-order valence-corrected chi connectivity index (χ4v) is 3.34. The van der Waals surface area contributed by atoms with E-state index < -0.39 is 0 Å². The van der Waals surface area contributed by atoms with E-state index in [1.54, 1.807) is 0 Å². The molecule has 2 nitrogen and oxygen atoms in total. The topological polar surface area (TPSA) is 25.8 Å². The van der Waals surface area contributed by atoms with Gasteiger partial charge in [0.05, 0.1) is 16.7 Å². The smallest absolute Gasteiger partial charge is 0.0975 e. The van der Waals surface area contributed by atoms with E-state index in [2.05, 4.69) is 55.5 Å². The maximum Gasteiger partial charge on any atom is 0.0975 e. The second-order valence-corrected chi connectivity index (χ2v) is 6.11. The van der Waals surface area contributed by atoms with Crippen LogP contribution in [0.1, 0.15) is 31.9 Å². The van der Waals surface area contributed by atoms with Gasteiger partial charge in [0.1, 0.15) is 0 Å². The van der Waals surface area contributed by atoms with Crippen LogP contribution in [0.3, 0.4) is 0 Å². The molecule has 1 aromatic heterocycles. The van der Waals surface area contributed by atoms with Crippen LogP contribution in [-0.4, -0.2) is 9.97 Å². The van der Waals surface area contributed by atoms with Gasteiger partial charge in [0.2, 0.25) is 0 Å². The zero-order valence-corrected chi connectivity index (χ0v) is 13.4. The summed E-state index contributed by atoms with van der Waals surface area (Å²) in [6.45, 7) is 2.23. The van der Waals surface area contributed by atoms with E-state index in [-0.39, 0.29) is 0 Å². The number of benzene rings is 3. The van der Waals surface area contributed by atoms with Gasteiger partial charge in [-0.1, -0.05) is 68.3 Å². The minimum absolute atomic E-state index is 1.01. The molecule has 0 fully saturated rings. The Morgan fingerprint density at radius 3 is 2.00 bits per heavy atom. The van der Waals surface area contributed by atoms with Crippen LogP contribution in [0, 0.1) is 0 Å². The molecule has 4 rings (SSSR count). The maximum atomic E-state index is 4.96. The summed E-state index contributed by atoms with van der Waals surface area (Å²) in [5.41, 5.74) is 3.15. The molecule has 0 N–H and O–H groups in total. The van der Waals surface area contributed by atoms with E-state index in [4.69, 9.17) is 9.97 Å². The van der Waals surface area contributed by atoms with Gasteiger partial charge in [-0.25, -0.2) is 4.98 Å². The van der Waals surface area contributed by atoms with Crippen molar-refractivity contribution in [1.29, 1.82) is 0 Å². The first kappa shape index (κ1) is 14.1. The quantitative estimate of drug-likeness (QED) is 0.358. The van der Waals surface area contributed by atoms with Crippen LogP contribution in [0.2, 0.25) is 0 Å². The van der Waals surface area contributed by atoms with Crippen molar-refractivity contribution in [2.45, 2.75) is 32.6 Å². The highest BCUT2D eigenvalue weighted by Crippen LogP contribution is 2.32. The van der Waals surface area contributed by atoms with E-state index >= 15 is 0 Å². The molecule has 0 aliphatic carbocycles. The van der Waals surface area contributed by atoms with Gasteiger partial charge < -0.3 is 0 Å². The Morgan fingerprint density at radius 2 is 1.35 bits per heavy atom. The molecule has 0 bridgehead atoms. The van der Waals surface area contributed by atoms with Crippen molar-refractivity contribution >= 4 is 32.6 Å². The van der Waals surface area contributed by atoms with Crippen LogP contribution in [0.15, 0.2) is 54.7 Å². The molecule has 0 atom stereocenters. The maximum absolute atomic E-state index is 4.96. The molecule has 0 aliphatic rings. The van der Waals surface area contributed by atoms with Gasteiger partial charge in [0.25, 0.3) is 0 Å². The van der Waals surface area contributed by atoms with Crippen molar-refractivity contribution in [2.24, 2.45) is 0 Å². The molecule has 0 saturated heterocycles. The van der Waals surface area contributed by atoms with Crippen LogP contribution in [0.25, 0.3) is 32.6 Å². The molecule has 2 heteroatoms. The van der Waals surface area contributed by atoms with Crippen LogP contribution in [0.5, 0.6) is 0 Å². The predicted octanol–water partition coefficient (Wildman–Crippen LogP) is 5.67. The lowest BCUT2D eigenvalue weighted by atomic mass is 9.99. The van der Waals surface area contributed by atoms with E-state index in [1.807, 2.05) is 6.20 Å². The molecular formula is C21H20N2. The highest BCUT2D eigenvalue weighted by atomic mass is 14.8. The summed E-state index contributed by atoms with van der Waals surface area (Å²) in [4.78, 5) is 9.74. The molecule has 0 unspecified atom stereocenters. The summed E-state index contributed by atoms with van der Waals surface area (Å²) in [5, 5.41) is 4.90. The zero-order chi connectivity index (χ0) is 15.6. The average Bonchev–Trinajstić information content (AvgIpc) is 2.62. The lowest BCUT2D eigenvalue weighted by Crippen LogP contribution is -1.95. The summed E-state index contributed by atoms with van der Waals surface area (Å²) >= 11 is 0. The Bertz CT molecular complexity index is 953. The number of unbranched alkanes of at least 4 members (excludes halogenated alkanes) is 2. The minimum Gasteiger partial charge on any atom is -0.252 e. The van der Waals surface area contributed by atoms with Crippen molar-refractivity contribution in [3.05, 3.63) is 60.4 Å². The van der Waals surface area contributed by atoms with Gasteiger partial charge in [-0.3, -0.25) is 4.98 Å². The van der Waals surface area contributed by atoms with Crippen molar-refractivity contribution < 1.29 is 0 Å². The van der Waals surface area contributed by atoms with Crippen molar-refractivity contribution in [3.63, 3.8) is 0 Å². The molecule has 0 aliphatic heterocycles. The second-order valence-electron chi connectivity index (χ2n) is 6.11. The first-order valence-electron chi connectivity index (χ1n) is 8.43. The monoisotopic (exact) mass is 300 g/mol. The summed E-state index contributed by atoms with van der Waals surface area (Å²) in [5.74, 6) is 0. The van der Waals surface area contributed by atoms with Crippen molar-refractivity contribution in [2.75, 3.05) is 0 Å². The summed E-state index contributed by atoms with van der Waals surface area (Å²) in [7, 11) is 0. The summed E-state index contributed by atoms with van der Waals surface area (Å²) < 4.78 is 0. The summed E-state index contributed by atoms with van der Waals surface area (Å²) in [6.07, 6.45) is 6.63. The fraction of sp³-hybridized carbons (Fsp3) is 0.238. The number of nitrogens with zero attached hydrogens (tertiary/aromatic N) is 2. The molecule has 4 aromatic rings. The number of rotatable bonds is 4. The molecule has 0 spiro atoms. The zero-order valence-electron chi connectivity index (χ0n) is 13.4. The van der Waals surface area contributed by atoms with Crippen LogP contribution >= 0.6 is 0 Å². The molecule has 0 radical (unpaired) electrons. The SMILES string of the molecule is CCCCCc1cnc2c3ccccc3c3ccccc3c2n1. The lowest BCUT2D eigenvalue weighted by Gasteiger charge is -2.10. The largest absolute Gasteiger partial charge is 0.252 e. The standard InChI is InChI=1S/C21H20N2/c1-2-3-4-9-15-14-22-20-18-12-7-5-10-16(18)17-11-6-8-13-19(17)21(20)23-15/h5-8,10-14H,2-4,9H2,1H3. The van der Waals surface area contributed by atoms with Gasteiger partial charge in [-0.05, 0) is 23.6 Å². The van der Waals surface area contributed by atoms with Crippen molar-refractivity contribution in [3.8, 4) is 0 Å². The molecule has 0 saturated carbocycles. The lowest BCUT2D eigenvalue weighted by molar-refractivity contribution is 0.707. The predicted molar refractivity (Wildman–Crippen MR) is 97.8 cm³/mol. The normalized spacial score (nSPS) is 11.5. The van der Waals surface area contributed by atoms with Crippen molar-refractivity contribution in [1.82, 2.24) is 9.97 Å². The van der Waals surface area contributed by atoms with E-state index in [1.165, 1.54) is 40.8 Å². The molecular weight excluding hydrogens is 280 g/mol. The highest BCUT2D eigenvalue weighted by molar-refractivity contribution is 6.22. The Hall–Kier alpha value is -2.48. The first-order valence-corrected chi connectivity index (χ1v) is 8.43. The number of aromatic nitrogens is 2. The second kappa shape index (κ2) is 5.96. The Balaban J connectivity index is 2.01. The van der Waals surface area contributed by atoms with E-state index in [0.29, 0.717) is 0 Å². The highest BCUT2D eigenvalue weighted by Gasteiger charge is 2.10. The van der Waals surface area contributed by atoms with Crippen LogP contribution in [-0.2, 0) is 6.42 Å². The van der Waals surface area contributed by atoms with Crippen LogP contribution < -0.4 is 0 Å². The third-order valence-electron chi connectivity index (χ3n) is 4.51. The summed E-state index contributed by atoms with van der Waals surface area (Å²) in [6, 6.07) is 17.0. The Labute approximate surface area is 136 Å². The molecule has 23 heavy (non-hydrogen) atoms. The van der Waals surface area contributed by atoms with E-state index in [0.717, 1.165) is 23.1 Å². The average molecular weight is 300 g/mol. The third kappa shape index (κ3) is 2.44. The molecule has 114 valence electrons. The number of hydrogen-bond acceptors (Lipinski definition) is 2. The molecule has 1 heterocycles. The Kier molecular flexibility index (Phi) is 3.66. The van der Waals surface area contributed by atoms with Crippen LogP contribution in [0.4, 0.5) is 0 Å². The number of hydrogen-bond donors (Lipinski definition) is 0. The Morgan fingerprint density at radius 1 is 0.739 bits per heavy atom. The van der Waals surface area contributed by atoms with Gasteiger partial charge >= 0.3 is 0 Å². The fourth-order valence-electron chi connectivity index (χ4n) is 3.34. The van der Waals surface area contributed by atoms with Gasteiger partial charge in [0, 0.05) is 17.0 Å². The van der Waals surface area contributed by atoms with Gasteiger partial charge in [-0.2, -0.15) is 0 Å². The third-order valence-corrected chi connectivity index (χ3v) is 4.51. The van der Waals surface area contributed by atoms with E-state index in [9.17, 15) is 0 Å². The number of aryl methyl sites for hydroxylation is 1.